The van der Waals surface area contributed by atoms with E-state index in [-0.39, 0.29) is 6.61 Å². The maximum absolute atomic E-state index is 9.28. The molecule has 0 atom stereocenters. The standard InChI is InChI=1S/C14H14N2O/c15-16-9-11-5-7-12(8-6-11)14-4-2-1-3-13(14)10-17/h1-9,17H,10,15H2. The van der Waals surface area contributed by atoms with Crippen molar-refractivity contribution in [2.45, 2.75) is 6.61 Å². The van der Waals surface area contributed by atoms with Gasteiger partial charge in [-0.2, -0.15) is 5.10 Å². The molecular weight excluding hydrogens is 212 g/mol. The second-order valence-corrected chi connectivity index (χ2v) is 3.72. The van der Waals surface area contributed by atoms with Gasteiger partial charge in [-0.3, -0.25) is 0 Å². The Bertz CT molecular complexity index is 518. The van der Waals surface area contributed by atoms with Crippen LogP contribution < -0.4 is 5.84 Å². The molecule has 0 fully saturated rings. The smallest absolute Gasteiger partial charge is 0.0687 e. The molecular formula is C14H14N2O. The minimum absolute atomic E-state index is 0.0438. The second-order valence-electron chi connectivity index (χ2n) is 3.72. The number of hydrogen-bond acceptors (Lipinski definition) is 3. The Balaban J connectivity index is 2.39. The normalized spacial score (nSPS) is 10.9. The summed E-state index contributed by atoms with van der Waals surface area (Å²) in [4.78, 5) is 0. The van der Waals surface area contributed by atoms with Crippen LogP contribution in [0.3, 0.4) is 0 Å². The van der Waals surface area contributed by atoms with E-state index >= 15 is 0 Å². The molecule has 2 rings (SSSR count). The van der Waals surface area contributed by atoms with Crippen molar-refractivity contribution < 1.29 is 5.11 Å². The molecule has 0 heterocycles. The molecule has 0 aliphatic carbocycles. The lowest BCUT2D eigenvalue weighted by Crippen LogP contribution is -1.90. The lowest BCUT2D eigenvalue weighted by Gasteiger charge is -2.07. The van der Waals surface area contributed by atoms with E-state index in [1.54, 1.807) is 6.21 Å². The zero-order valence-corrected chi connectivity index (χ0v) is 9.38. The van der Waals surface area contributed by atoms with Gasteiger partial charge in [0.25, 0.3) is 0 Å². The Morgan fingerprint density at radius 3 is 2.41 bits per heavy atom. The summed E-state index contributed by atoms with van der Waals surface area (Å²) in [5.41, 5.74) is 4.00. The first-order chi connectivity index (χ1) is 8.35. The Morgan fingerprint density at radius 1 is 1.06 bits per heavy atom. The number of aliphatic hydroxyl groups excluding tert-OH is 1. The van der Waals surface area contributed by atoms with Crippen LogP contribution in [0.25, 0.3) is 11.1 Å². The minimum Gasteiger partial charge on any atom is -0.392 e. The molecule has 3 nitrogen and oxygen atoms in total. The van der Waals surface area contributed by atoms with Crippen molar-refractivity contribution in [3.63, 3.8) is 0 Å². The third-order valence-corrected chi connectivity index (χ3v) is 2.63. The van der Waals surface area contributed by atoms with Crippen LogP contribution >= 0.6 is 0 Å². The molecule has 2 aromatic rings. The van der Waals surface area contributed by atoms with Gasteiger partial charge < -0.3 is 10.9 Å². The molecule has 3 N–H and O–H groups in total. The van der Waals surface area contributed by atoms with Crippen LogP contribution in [0.15, 0.2) is 53.6 Å². The highest BCUT2D eigenvalue weighted by Crippen LogP contribution is 2.23. The largest absolute Gasteiger partial charge is 0.392 e. The predicted molar refractivity (Wildman–Crippen MR) is 69.6 cm³/mol. The van der Waals surface area contributed by atoms with E-state index in [9.17, 15) is 5.11 Å². The van der Waals surface area contributed by atoms with E-state index < -0.39 is 0 Å². The fourth-order valence-corrected chi connectivity index (χ4v) is 1.77. The summed E-state index contributed by atoms with van der Waals surface area (Å²) in [6.45, 7) is 0.0438. The SMILES string of the molecule is NN=Cc1ccc(-c2ccccc2CO)cc1. The second kappa shape index (κ2) is 5.27. The molecule has 86 valence electrons. The first-order valence-electron chi connectivity index (χ1n) is 5.37. The summed E-state index contributed by atoms with van der Waals surface area (Å²) >= 11 is 0. The van der Waals surface area contributed by atoms with Crippen molar-refractivity contribution in [3.8, 4) is 11.1 Å². The quantitative estimate of drug-likeness (QED) is 0.478. The zero-order valence-electron chi connectivity index (χ0n) is 9.38. The van der Waals surface area contributed by atoms with Gasteiger partial charge in [-0.05, 0) is 22.3 Å². The van der Waals surface area contributed by atoms with Crippen molar-refractivity contribution >= 4 is 6.21 Å². The monoisotopic (exact) mass is 226 g/mol. The summed E-state index contributed by atoms with van der Waals surface area (Å²) in [6, 6.07) is 15.7. The number of aliphatic hydroxyl groups is 1. The summed E-state index contributed by atoms with van der Waals surface area (Å²) in [6.07, 6.45) is 1.60. The van der Waals surface area contributed by atoms with Gasteiger partial charge in [-0.15, -0.1) is 0 Å². The van der Waals surface area contributed by atoms with Crippen molar-refractivity contribution in [2.75, 3.05) is 0 Å². The van der Waals surface area contributed by atoms with E-state index in [0.29, 0.717) is 0 Å². The van der Waals surface area contributed by atoms with Gasteiger partial charge in [0.15, 0.2) is 0 Å². The molecule has 0 saturated heterocycles. The van der Waals surface area contributed by atoms with Crippen LogP contribution in [0.5, 0.6) is 0 Å². The van der Waals surface area contributed by atoms with E-state index in [2.05, 4.69) is 5.10 Å². The highest BCUT2D eigenvalue weighted by molar-refractivity contribution is 5.81. The first kappa shape index (κ1) is 11.4. The van der Waals surface area contributed by atoms with E-state index in [0.717, 1.165) is 22.3 Å². The number of hydrazone groups is 1. The maximum Gasteiger partial charge on any atom is 0.0687 e. The molecule has 3 heteroatoms. The molecule has 0 unspecified atom stereocenters. The molecule has 0 radical (unpaired) electrons. The van der Waals surface area contributed by atoms with Crippen molar-refractivity contribution in [1.82, 2.24) is 0 Å². The molecule has 0 saturated carbocycles. The molecule has 0 spiro atoms. The third-order valence-electron chi connectivity index (χ3n) is 2.63. The summed E-state index contributed by atoms with van der Waals surface area (Å²) in [5.74, 6) is 5.09. The fourth-order valence-electron chi connectivity index (χ4n) is 1.77. The summed E-state index contributed by atoms with van der Waals surface area (Å²) < 4.78 is 0. The minimum atomic E-state index is 0.0438. The maximum atomic E-state index is 9.28. The van der Waals surface area contributed by atoms with Gasteiger partial charge in [0.1, 0.15) is 0 Å². The van der Waals surface area contributed by atoms with E-state index in [4.69, 9.17) is 5.84 Å². The lowest BCUT2D eigenvalue weighted by atomic mass is 9.99. The summed E-state index contributed by atoms with van der Waals surface area (Å²) in [7, 11) is 0. The fraction of sp³-hybridized carbons (Fsp3) is 0.0714. The Kier molecular flexibility index (Phi) is 3.52. The Hall–Kier alpha value is -2.13. The number of benzene rings is 2. The van der Waals surface area contributed by atoms with Gasteiger partial charge in [0.05, 0.1) is 12.8 Å². The molecule has 0 aliphatic rings. The highest BCUT2D eigenvalue weighted by atomic mass is 16.3. The van der Waals surface area contributed by atoms with Gasteiger partial charge in [-0.1, -0.05) is 48.5 Å². The average molecular weight is 226 g/mol. The molecule has 17 heavy (non-hydrogen) atoms. The highest BCUT2D eigenvalue weighted by Gasteiger charge is 2.02. The van der Waals surface area contributed by atoms with Crippen molar-refractivity contribution in [1.29, 1.82) is 0 Å². The van der Waals surface area contributed by atoms with Crippen LogP contribution in [0, 0.1) is 0 Å². The molecule has 0 aliphatic heterocycles. The van der Waals surface area contributed by atoms with Gasteiger partial charge in [0.2, 0.25) is 0 Å². The topological polar surface area (TPSA) is 58.6 Å². The molecule has 2 aromatic carbocycles. The van der Waals surface area contributed by atoms with Crippen LogP contribution in [0.4, 0.5) is 0 Å². The predicted octanol–water partition coefficient (Wildman–Crippen LogP) is 2.14. The number of nitrogens with zero attached hydrogens (tertiary/aromatic N) is 1. The number of nitrogens with two attached hydrogens (primary N) is 1. The van der Waals surface area contributed by atoms with Gasteiger partial charge in [0, 0.05) is 0 Å². The Morgan fingerprint density at radius 2 is 1.76 bits per heavy atom. The average Bonchev–Trinajstić information content (AvgIpc) is 2.40. The van der Waals surface area contributed by atoms with E-state index in [1.165, 1.54) is 0 Å². The van der Waals surface area contributed by atoms with Gasteiger partial charge >= 0.3 is 0 Å². The zero-order chi connectivity index (χ0) is 12.1. The van der Waals surface area contributed by atoms with Crippen molar-refractivity contribution in [2.24, 2.45) is 10.9 Å². The molecule has 0 bridgehead atoms. The number of rotatable bonds is 3. The van der Waals surface area contributed by atoms with Crippen LogP contribution in [0.1, 0.15) is 11.1 Å². The number of hydrogen-bond donors (Lipinski definition) is 2. The molecule has 0 amide bonds. The van der Waals surface area contributed by atoms with Crippen molar-refractivity contribution in [3.05, 3.63) is 59.7 Å². The third kappa shape index (κ3) is 2.52. The molecule has 0 aromatic heterocycles. The Labute approximate surface area is 100 Å². The van der Waals surface area contributed by atoms with Crippen LogP contribution in [0.2, 0.25) is 0 Å². The first-order valence-corrected chi connectivity index (χ1v) is 5.37. The summed E-state index contributed by atoms with van der Waals surface area (Å²) in [5, 5.41) is 12.8. The van der Waals surface area contributed by atoms with Crippen LogP contribution in [-0.2, 0) is 6.61 Å². The van der Waals surface area contributed by atoms with Crippen LogP contribution in [-0.4, -0.2) is 11.3 Å². The van der Waals surface area contributed by atoms with Gasteiger partial charge in [-0.25, -0.2) is 0 Å². The lowest BCUT2D eigenvalue weighted by molar-refractivity contribution is 0.282. The van der Waals surface area contributed by atoms with E-state index in [1.807, 2.05) is 48.5 Å².